The summed E-state index contributed by atoms with van der Waals surface area (Å²) in [4.78, 5) is 11.7. The molecule has 8 nitrogen and oxygen atoms in total. The van der Waals surface area contributed by atoms with Gasteiger partial charge in [0, 0.05) is 26.4 Å². The molecule has 1 aromatic carbocycles. The molecule has 166 valence electrons. The number of aromatic nitrogens is 4. The number of hydrogen-bond acceptors (Lipinski definition) is 7. The van der Waals surface area contributed by atoms with Crippen LogP contribution < -0.4 is 10.1 Å². The van der Waals surface area contributed by atoms with Crippen molar-refractivity contribution in [3.05, 3.63) is 35.7 Å². The van der Waals surface area contributed by atoms with Gasteiger partial charge in [0.1, 0.15) is 5.75 Å². The minimum atomic E-state index is 0.442. The second kappa shape index (κ2) is 9.62. The molecule has 31 heavy (non-hydrogen) atoms. The van der Waals surface area contributed by atoms with E-state index in [1.165, 1.54) is 43.2 Å². The van der Waals surface area contributed by atoms with Crippen LogP contribution in [0.25, 0.3) is 11.0 Å². The van der Waals surface area contributed by atoms with Crippen LogP contribution in [0.15, 0.2) is 24.5 Å². The van der Waals surface area contributed by atoms with Crippen molar-refractivity contribution < 1.29 is 9.84 Å². The topological polar surface area (TPSA) is 88.3 Å². The lowest BCUT2D eigenvalue weighted by molar-refractivity contribution is 0.312. The van der Waals surface area contributed by atoms with Crippen molar-refractivity contribution in [1.29, 1.82) is 0 Å². The van der Waals surface area contributed by atoms with Crippen molar-refractivity contribution in [3.8, 4) is 5.75 Å². The highest BCUT2D eigenvalue weighted by molar-refractivity contribution is 5.76. The SMILES string of the molecule is CO.COc1cc2c(cc1Nc1ncc3cnn(C4CCCCC4)c3n1)CN(C)CC2. The van der Waals surface area contributed by atoms with Crippen LogP contribution in [0.3, 0.4) is 0 Å². The number of aliphatic hydroxyl groups is 1. The molecule has 0 atom stereocenters. The van der Waals surface area contributed by atoms with Crippen LogP contribution >= 0.6 is 0 Å². The summed E-state index contributed by atoms with van der Waals surface area (Å²) in [5.74, 6) is 1.41. The van der Waals surface area contributed by atoms with Crippen molar-refractivity contribution in [3.63, 3.8) is 0 Å². The lowest BCUT2D eigenvalue weighted by atomic mass is 9.96. The summed E-state index contributed by atoms with van der Waals surface area (Å²) in [6.45, 7) is 2.02. The number of fused-ring (bicyclic) bond motifs is 2. The Balaban J connectivity index is 0.00000112. The zero-order chi connectivity index (χ0) is 21.8. The number of rotatable bonds is 4. The Morgan fingerprint density at radius 2 is 1.90 bits per heavy atom. The van der Waals surface area contributed by atoms with Crippen LogP contribution in [0.5, 0.6) is 5.75 Å². The molecule has 0 radical (unpaired) electrons. The fourth-order valence-corrected chi connectivity index (χ4v) is 4.60. The molecule has 0 unspecified atom stereocenters. The summed E-state index contributed by atoms with van der Waals surface area (Å²) in [6, 6.07) is 4.77. The number of aliphatic hydroxyl groups excluding tert-OH is 1. The van der Waals surface area contributed by atoms with Crippen LogP contribution in [-0.4, -0.2) is 57.6 Å². The third-order valence-electron chi connectivity index (χ3n) is 6.23. The van der Waals surface area contributed by atoms with E-state index in [-0.39, 0.29) is 0 Å². The fourth-order valence-electron chi connectivity index (χ4n) is 4.60. The standard InChI is InChI=1S/C22H28N6O.CH4O/c1-27-9-8-15-11-20(29-2)19(10-16(15)14-27)25-22-23-12-17-13-24-28(21(17)26-22)18-6-4-3-5-7-18;1-2/h10-13,18H,3-9,14H2,1-2H3,(H,23,25,26);2H,1H3. The molecular weight excluding hydrogens is 392 g/mol. The van der Waals surface area contributed by atoms with Crippen LogP contribution in [-0.2, 0) is 13.0 Å². The third-order valence-corrected chi connectivity index (χ3v) is 6.23. The molecule has 0 saturated heterocycles. The van der Waals surface area contributed by atoms with Crippen molar-refractivity contribution in [2.45, 2.75) is 51.1 Å². The van der Waals surface area contributed by atoms with Gasteiger partial charge in [0.05, 0.1) is 30.4 Å². The second-order valence-electron chi connectivity index (χ2n) is 8.29. The van der Waals surface area contributed by atoms with Gasteiger partial charge in [0.2, 0.25) is 5.95 Å². The van der Waals surface area contributed by atoms with Gasteiger partial charge in [-0.15, -0.1) is 0 Å². The monoisotopic (exact) mass is 424 g/mol. The van der Waals surface area contributed by atoms with Crippen LogP contribution in [0, 0.1) is 0 Å². The molecule has 2 aromatic heterocycles. The first-order valence-electron chi connectivity index (χ1n) is 11.0. The van der Waals surface area contributed by atoms with Gasteiger partial charge < -0.3 is 20.1 Å². The van der Waals surface area contributed by atoms with Gasteiger partial charge in [0.25, 0.3) is 0 Å². The highest BCUT2D eigenvalue weighted by atomic mass is 16.5. The number of methoxy groups -OCH3 is 1. The van der Waals surface area contributed by atoms with Gasteiger partial charge >= 0.3 is 0 Å². The lowest BCUT2D eigenvalue weighted by Gasteiger charge is -2.26. The smallest absolute Gasteiger partial charge is 0.229 e. The van der Waals surface area contributed by atoms with Gasteiger partial charge in [0.15, 0.2) is 5.65 Å². The first-order chi connectivity index (χ1) is 15.2. The van der Waals surface area contributed by atoms with Crippen molar-refractivity contribution in [2.75, 3.05) is 33.1 Å². The fraction of sp³-hybridized carbons (Fsp3) is 0.522. The van der Waals surface area contributed by atoms with Gasteiger partial charge in [-0.3, -0.25) is 0 Å². The number of anilines is 2. The highest BCUT2D eigenvalue weighted by Crippen LogP contribution is 2.34. The molecule has 1 saturated carbocycles. The Kier molecular flexibility index (Phi) is 6.67. The van der Waals surface area contributed by atoms with Crippen molar-refractivity contribution >= 4 is 22.7 Å². The maximum absolute atomic E-state index is 7.00. The molecule has 0 spiro atoms. The molecule has 2 N–H and O–H groups in total. The number of likely N-dealkylation sites (N-methyl/N-ethyl adjacent to an activating group) is 1. The lowest BCUT2D eigenvalue weighted by Crippen LogP contribution is -2.26. The minimum Gasteiger partial charge on any atom is -0.495 e. The van der Waals surface area contributed by atoms with E-state index in [1.807, 2.05) is 12.4 Å². The van der Waals surface area contributed by atoms with Crippen LogP contribution in [0.4, 0.5) is 11.6 Å². The third kappa shape index (κ3) is 4.50. The van der Waals surface area contributed by atoms with E-state index in [0.29, 0.717) is 12.0 Å². The van der Waals surface area contributed by atoms with E-state index in [0.717, 1.165) is 49.1 Å². The molecule has 3 aromatic rings. The molecule has 3 heterocycles. The summed E-state index contributed by atoms with van der Waals surface area (Å²) < 4.78 is 7.75. The van der Waals surface area contributed by atoms with Crippen LogP contribution in [0.1, 0.15) is 49.3 Å². The van der Waals surface area contributed by atoms with Gasteiger partial charge in [-0.1, -0.05) is 19.3 Å². The summed E-state index contributed by atoms with van der Waals surface area (Å²) in [5.41, 5.74) is 4.50. The van der Waals surface area contributed by atoms with E-state index in [2.05, 4.69) is 44.2 Å². The Morgan fingerprint density at radius 3 is 2.68 bits per heavy atom. The summed E-state index contributed by atoms with van der Waals surface area (Å²) in [6.07, 6.45) is 11.0. The molecule has 8 heteroatoms. The Bertz CT molecular complexity index is 1030. The Labute approximate surface area is 183 Å². The van der Waals surface area contributed by atoms with E-state index in [9.17, 15) is 0 Å². The molecule has 1 aliphatic carbocycles. The molecule has 1 fully saturated rings. The minimum absolute atomic E-state index is 0.442. The second-order valence-corrected chi connectivity index (χ2v) is 8.29. The summed E-state index contributed by atoms with van der Waals surface area (Å²) in [5, 5.41) is 16.0. The van der Waals surface area contributed by atoms with Crippen molar-refractivity contribution in [2.24, 2.45) is 0 Å². The largest absolute Gasteiger partial charge is 0.495 e. The average molecular weight is 425 g/mol. The molecule has 1 aliphatic heterocycles. The Hall–Kier alpha value is -2.71. The first-order valence-corrected chi connectivity index (χ1v) is 11.0. The van der Waals surface area contributed by atoms with Crippen LogP contribution in [0.2, 0.25) is 0 Å². The predicted molar refractivity (Wildman–Crippen MR) is 122 cm³/mol. The number of nitrogens with zero attached hydrogens (tertiary/aromatic N) is 5. The van der Waals surface area contributed by atoms with E-state index in [1.54, 1.807) is 7.11 Å². The molecular formula is C23H32N6O2. The quantitative estimate of drug-likeness (QED) is 0.660. The number of ether oxygens (including phenoxy) is 1. The summed E-state index contributed by atoms with van der Waals surface area (Å²) in [7, 11) is 4.87. The zero-order valence-electron chi connectivity index (χ0n) is 18.6. The molecule has 2 aliphatic rings. The first kappa shape index (κ1) is 21.5. The highest BCUT2D eigenvalue weighted by Gasteiger charge is 2.20. The predicted octanol–water partition coefficient (Wildman–Crippen LogP) is 3.68. The maximum Gasteiger partial charge on any atom is 0.229 e. The number of nitrogens with one attached hydrogen (secondary N) is 1. The van der Waals surface area contributed by atoms with Gasteiger partial charge in [-0.2, -0.15) is 10.1 Å². The van der Waals surface area contributed by atoms with E-state index in [4.69, 9.17) is 14.8 Å². The summed E-state index contributed by atoms with van der Waals surface area (Å²) >= 11 is 0. The number of benzene rings is 1. The van der Waals surface area contributed by atoms with Crippen molar-refractivity contribution in [1.82, 2.24) is 24.6 Å². The normalized spacial score (nSPS) is 17.0. The zero-order valence-corrected chi connectivity index (χ0v) is 18.6. The van der Waals surface area contributed by atoms with E-state index >= 15 is 0 Å². The molecule has 0 bridgehead atoms. The maximum atomic E-state index is 7.00. The van der Waals surface area contributed by atoms with Gasteiger partial charge in [-0.25, -0.2) is 9.67 Å². The average Bonchev–Trinajstić information content (AvgIpc) is 3.24. The van der Waals surface area contributed by atoms with E-state index < -0.39 is 0 Å². The Morgan fingerprint density at radius 1 is 1.10 bits per heavy atom. The van der Waals surface area contributed by atoms with Gasteiger partial charge in [-0.05, 0) is 49.6 Å². The molecule has 0 amide bonds. The number of hydrogen-bond donors (Lipinski definition) is 2. The molecule has 5 rings (SSSR count).